The lowest BCUT2D eigenvalue weighted by atomic mass is 9.86. The van der Waals surface area contributed by atoms with Crippen molar-refractivity contribution >= 4 is 5.91 Å². The number of nitrogens with zero attached hydrogens (tertiary/aromatic N) is 1. The number of piperazine rings is 1. The van der Waals surface area contributed by atoms with Gasteiger partial charge in [0, 0.05) is 18.5 Å². The van der Waals surface area contributed by atoms with Gasteiger partial charge in [0.25, 0.3) is 0 Å². The van der Waals surface area contributed by atoms with Gasteiger partial charge in [-0.1, -0.05) is 13.8 Å². The fourth-order valence-corrected chi connectivity index (χ4v) is 2.22. The van der Waals surface area contributed by atoms with E-state index in [1.54, 1.807) is 0 Å². The molecule has 1 N–H and O–H groups in total. The lowest BCUT2D eigenvalue weighted by Gasteiger charge is -2.38. The van der Waals surface area contributed by atoms with E-state index in [1.165, 1.54) is 0 Å². The van der Waals surface area contributed by atoms with E-state index in [0.717, 1.165) is 19.7 Å². The zero-order valence-electron chi connectivity index (χ0n) is 8.88. The summed E-state index contributed by atoms with van der Waals surface area (Å²) in [4.78, 5) is 13.7. The molecule has 0 aliphatic carbocycles. The van der Waals surface area contributed by atoms with Crippen LogP contribution in [0.1, 0.15) is 13.8 Å². The fraction of sp³-hybridized carbons (Fsp3) is 0.900. The monoisotopic (exact) mass is 198 g/mol. The van der Waals surface area contributed by atoms with Crippen molar-refractivity contribution in [1.29, 1.82) is 0 Å². The molecule has 2 rings (SSSR count). The average Bonchev–Trinajstić information content (AvgIpc) is 2.46. The van der Waals surface area contributed by atoms with Crippen LogP contribution in [0.5, 0.6) is 0 Å². The first-order valence-electron chi connectivity index (χ1n) is 5.19. The first-order chi connectivity index (χ1) is 6.61. The number of amides is 1. The SMILES string of the molecule is CC1(C)COCC1N1CCNCC1=O. The maximum Gasteiger partial charge on any atom is 0.236 e. The minimum Gasteiger partial charge on any atom is -0.379 e. The number of nitrogens with one attached hydrogen (secondary N) is 1. The van der Waals surface area contributed by atoms with Crippen molar-refractivity contribution in [3.63, 3.8) is 0 Å². The van der Waals surface area contributed by atoms with Crippen molar-refractivity contribution < 1.29 is 9.53 Å². The van der Waals surface area contributed by atoms with E-state index in [-0.39, 0.29) is 17.4 Å². The van der Waals surface area contributed by atoms with Crippen LogP contribution in [0.3, 0.4) is 0 Å². The van der Waals surface area contributed by atoms with E-state index < -0.39 is 0 Å². The number of rotatable bonds is 1. The molecule has 0 aromatic rings. The third kappa shape index (κ3) is 1.64. The third-order valence-corrected chi connectivity index (χ3v) is 3.15. The predicted octanol–water partition coefficient (Wildman–Crippen LogP) is -0.157. The molecule has 0 spiro atoms. The van der Waals surface area contributed by atoms with E-state index in [9.17, 15) is 4.79 Å². The van der Waals surface area contributed by atoms with Crippen LogP contribution in [0.2, 0.25) is 0 Å². The molecule has 0 aromatic heterocycles. The highest BCUT2D eigenvalue weighted by atomic mass is 16.5. The van der Waals surface area contributed by atoms with E-state index in [2.05, 4.69) is 19.2 Å². The maximum absolute atomic E-state index is 11.7. The topological polar surface area (TPSA) is 41.6 Å². The standard InChI is InChI=1S/C10H18N2O2/c1-10(2)7-14-6-8(10)12-4-3-11-5-9(12)13/h8,11H,3-7H2,1-2H3. The van der Waals surface area contributed by atoms with Gasteiger partial charge in [-0.3, -0.25) is 4.79 Å². The Morgan fingerprint density at radius 3 is 2.93 bits per heavy atom. The Hall–Kier alpha value is -0.610. The van der Waals surface area contributed by atoms with E-state index >= 15 is 0 Å². The van der Waals surface area contributed by atoms with Gasteiger partial charge in [-0.05, 0) is 0 Å². The molecule has 2 fully saturated rings. The molecule has 2 aliphatic heterocycles. The van der Waals surface area contributed by atoms with E-state index in [0.29, 0.717) is 13.2 Å². The van der Waals surface area contributed by atoms with Crippen LogP contribution in [-0.2, 0) is 9.53 Å². The van der Waals surface area contributed by atoms with Crippen molar-refractivity contribution in [3.05, 3.63) is 0 Å². The molecule has 2 aliphatic rings. The third-order valence-electron chi connectivity index (χ3n) is 3.15. The second kappa shape index (κ2) is 3.51. The number of hydrogen-bond donors (Lipinski definition) is 1. The summed E-state index contributed by atoms with van der Waals surface area (Å²) in [5.74, 6) is 0.208. The molecule has 2 heterocycles. The van der Waals surface area contributed by atoms with Gasteiger partial charge >= 0.3 is 0 Å². The Bertz CT molecular complexity index is 240. The highest BCUT2D eigenvalue weighted by molar-refractivity contribution is 5.79. The van der Waals surface area contributed by atoms with E-state index in [1.807, 2.05) is 4.90 Å². The summed E-state index contributed by atoms with van der Waals surface area (Å²) in [5, 5.41) is 3.08. The van der Waals surface area contributed by atoms with Crippen molar-refractivity contribution in [2.45, 2.75) is 19.9 Å². The predicted molar refractivity (Wildman–Crippen MR) is 53.0 cm³/mol. The van der Waals surface area contributed by atoms with Crippen LogP contribution >= 0.6 is 0 Å². The second-order valence-electron chi connectivity index (χ2n) is 4.78. The maximum atomic E-state index is 11.7. The molecule has 4 heteroatoms. The molecule has 0 bridgehead atoms. The van der Waals surface area contributed by atoms with Crippen LogP contribution in [0.15, 0.2) is 0 Å². The molecule has 2 saturated heterocycles. The summed E-state index contributed by atoms with van der Waals surface area (Å²) in [7, 11) is 0. The van der Waals surface area contributed by atoms with E-state index in [4.69, 9.17) is 4.74 Å². The summed E-state index contributed by atoms with van der Waals surface area (Å²) >= 11 is 0. The van der Waals surface area contributed by atoms with Gasteiger partial charge in [0.2, 0.25) is 5.91 Å². The molecule has 0 saturated carbocycles. The summed E-state index contributed by atoms with van der Waals surface area (Å²) in [6, 6.07) is 0.261. The normalized spacial score (nSPS) is 32.3. The molecular formula is C10H18N2O2. The summed E-state index contributed by atoms with van der Waals surface area (Å²) < 4.78 is 5.46. The Morgan fingerprint density at radius 2 is 2.36 bits per heavy atom. The molecule has 14 heavy (non-hydrogen) atoms. The lowest BCUT2D eigenvalue weighted by Crippen LogP contribution is -2.56. The van der Waals surface area contributed by atoms with Crippen molar-refractivity contribution in [1.82, 2.24) is 10.2 Å². The quantitative estimate of drug-likeness (QED) is 0.637. The molecule has 0 radical (unpaired) electrons. The Labute approximate surface area is 84.6 Å². The molecule has 1 unspecified atom stereocenters. The molecular weight excluding hydrogens is 180 g/mol. The Balaban J connectivity index is 2.09. The van der Waals surface area contributed by atoms with Crippen molar-refractivity contribution in [2.75, 3.05) is 32.8 Å². The van der Waals surface area contributed by atoms with Crippen molar-refractivity contribution in [2.24, 2.45) is 5.41 Å². The van der Waals surface area contributed by atoms with Gasteiger partial charge in [0.1, 0.15) is 0 Å². The van der Waals surface area contributed by atoms with Gasteiger partial charge in [-0.2, -0.15) is 0 Å². The number of ether oxygens (including phenoxy) is 1. The molecule has 0 aromatic carbocycles. The van der Waals surface area contributed by atoms with Crippen LogP contribution in [0.25, 0.3) is 0 Å². The van der Waals surface area contributed by atoms with Gasteiger partial charge in [0.05, 0.1) is 25.8 Å². The Kier molecular flexibility index (Phi) is 2.49. The van der Waals surface area contributed by atoms with Crippen molar-refractivity contribution in [3.8, 4) is 0 Å². The van der Waals surface area contributed by atoms with Gasteiger partial charge in [-0.15, -0.1) is 0 Å². The summed E-state index contributed by atoms with van der Waals surface area (Å²) in [5.41, 5.74) is 0.104. The van der Waals surface area contributed by atoms with Crippen LogP contribution in [-0.4, -0.2) is 49.7 Å². The minimum atomic E-state index is 0.104. The van der Waals surface area contributed by atoms with Crippen LogP contribution in [0, 0.1) is 5.41 Å². The Morgan fingerprint density at radius 1 is 1.57 bits per heavy atom. The minimum absolute atomic E-state index is 0.104. The van der Waals surface area contributed by atoms with Crippen LogP contribution in [0.4, 0.5) is 0 Å². The molecule has 1 atom stereocenters. The largest absolute Gasteiger partial charge is 0.379 e. The molecule has 4 nitrogen and oxygen atoms in total. The van der Waals surface area contributed by atoms with Crippen LogP contribution < -0.4 is 5.32 Å². The van der Waals surface area contributed by atoms with Gasteiger partial charge < -0.3 is 15.0 Å². The highest BCUT2D eigenvalue weighted by Gasteiger charge is 2.41. The fourth-order valence-electron chi connectivity index (χ4n) is 2.22. The lowest BCUT2D eigenvalue weighted by molar-refractivity contribution is -0.136. The first kappa shape index (κ1) is 9.93. The zero-order valence-corrected chi connectivity index (χ0v) is 8.88. The molecule has 1 amide bonds. The summed E-state index contributed by atoms with van der Waals surface area (Å²) in [6.45, 7) is 7.98. The second-order valence-corrected chi connectivity index (χ2v) is 4.78. The number of carbonyl (C=O) groups is 1. The highest BCUT2D eigenvalue weighted by Crippen LogP contribution is 2.31. The van der Waals surface area contributed by atoms with Gasteiger partial charge in [0.15, 0.2) is 0 Å². The first-order valence-corrected chi connectivity index (χ1v) is 5.19. The number of hydrogen-bond acceptors (Lipinski definition) is 3. The van der Waals surface area contributed by atoms with Gasteiger partial charge in [-0.25, -0.2) is 0 Å². The average molecular weight is 198 g/mol. The number of carbonyl (C=O) groups excluding carboxylic acids is 1. The molecule has 80 valence electrons. The smallest absolute Gasteiger partial charge is 0.236 e. The zero-order chi connectivity index (χ0) is 10.2. The summed E-state index contributed by atoms with van der Waals surface area (Å²) in [6.07, 6.45) is 0.